The van der Waals surface area contributed by atoms with Crippen molar-refractivity contribution in [2.75, 3.05) is 17.7 Å². The Balaban J connectivity index is 2.03. The second-order valence-electron chi connectivity index (χ2n) is 5.83. The van der Waals surface area contributed by atoms with Crippen molar-refractivity contribution in [2.24, 2.45) is 0 Å². The number of aromatic nitrogens is 2. The van der Waals surface area contributed by atoms with Gasteiger partial charge in [-0.2, -0.15) is 0 Å². The fourth-order valence-electron chi connectivity index (χ4n) is 1.75. The molecule has 0 saturated carbocycles. The van der Waals surface area contributed by atoms with Crippen LogP contribution in [-0.4, -0.2) is 23.3 Å². The van der Waals surface area contributed by atoms with E-state index < -0.39 is 0 Å². The van der Waals surface area contributed by atoms with E-state index in [-0.39, 0.29) is 11.4 Å². The highest BCUT2D eigenvalue weighted by Gasteiger charge is 2.20. The molecule has 2 amide bonds. The molecule has 118 valence electrons. The van der Waals surface area contributed by atoms with Gasteiger partial charge in [-0.25, -0.2) is 4.79 Å². The smallest absolute Gasteiger partial charge is 0.325 e. The van der Waals surface area contributed by atoms with Crippen LogP contribution >= 0.6 is 11.3 Å². The second-order valence-corrected chi connectivity index (χ2v) is 6.81. The van der Waals surface area contributed by atoms with Gasteiger partial charge in [0.2, 0.25) is 5.13 Å². The monoisotopic (exact) mass is 320 g/mol. The van der Waals surface area contributed by atoms with Crippen molar-refractivity contribution in [3.8, 4) is 0 Å². The van der Waals surface area contributed by atoms with Crippen LogP contribution in [0.3, 0.4) is 0 Å². The number of rotatable bonds is 4. The van der Waals surface area contributed by atoms with E-state index in [4.69, 9.17) is 4.74 Å². The molecule has 2 N–H and O–H groups in total. The quantitative estimate of drug-likeness (QED) is 0.902. The molecule has 7 heteroatoms. The van der Waals surface area contributed by atoms with Gasteiger partial charge in [-0.05, 0) is 6.07 Å². The van der Waals surface area contributed by atoms with Gasteiger partial charge in [0.05, 0.1) is 6.61 Å². The summed E-state index contributed by atoms with van der Waals surface area (Å²) in [5.41, 5.74) is 1.54. The van der Waals surface area contributed by atoms with Crippen molar-refractivity contribution in [1.82, 2.24) is 10.2 Å². The Bertz CT molecular complexity index is 649. The number of carbonyl (C=O) groups excluding carboxylic acids is 1. The first-order valence-corrected chi connectivity index (χ1v) is 7.70. The summed E-state index contributed by atoms with van der Waals surface area (Å²) in [7, 11) is 1.62. The predicted molar refractivity (Wildman–Crippen MR) is 88.4 cm³/mol. The summed E-state index contributed by atoms with van der Waals surface area (Å²) < 4.78 is 5.12. The van der Waals surface area contributed by atoms with E-state index in [1.54, 1.807) is 7.11 Å². The lowest BCUT2D eigenvalue weighted by atomic mass is 9.98. The van der Waals surface area contributed by atoms with E-state index in [1.165, 1.54) is 11.3 Å². The van der Waals surface area contributed by atoms with Crippen molar-refractivity contribution in [2.45, 2.75) is 32.8 Å². The number of urea groups is 1. The molecular formula is C15H20N4O2S. The summed E-state index contributed by atoms with van der Waals surface area (Å²) in [4.78, 5) is 12.1. The van der Waals surface area contributed by atoms with Crippen LogP contribution in [0.15, 0.2) is 24.3 Å². The molecule has 1 aromatic carbocycles. The average Bonchev–Trinajstić information content (AvgIpc) is 2.89. The molecule has 0 spiro atoms. The van der Waals surface area contributed by atoms with E-state index in [0.29, 0.717) is 17.4 Å². The highest BCUT2D eigenvalue weighted by molar-refractivity contribution is 7.15. The first-order valence-electron chi connectivity index (χ1n) is 6.89. The number of para-hydroxylation sites is 1. The Morgan fingerprint density at radius 3 is 2.59 bits per heavy atom. The highest BCUT2D eigenvalue weighted by atomic mass is 32.1. The van der Waals surface area contributed by atoms with Crippen molar-refractivity contribution in [1.29, 1.82) is 0 Å². The largest absolute Gasteiger partial charge is 0.380 e. The van der Waals surface area contributed by atoms with Gasteiger partial charge in [-0.3, -0.25) is 5.32 Å². The number of hydrogen-bond donors (Lipinski definition) is 2. The molecule has 0 fully saturated rings. The fourth-order valence-corrected chi connectivity index (χ4v) is 2.55. The molecule has 0 bridgehead atoms. The Morgan fingerprint density at radius 2 is 1.95 bits per heavy atom. The molecule has 0 saturated heterocycles. The van der Waals surface area contributed by atoms with Gasteiger partial charge in [-0.1, -0.05) is 50.3 Å². The first kappa shape index (κ1) is 16.4. The maximum Gasteiger partial charge on any atom is 0.325 e. The van der Waals surface area contributed by atoms with Crippen LogP contribution < -0.4 is 10.6 Å². The predicted octanol–water partition coefficient (Wildman–Crippen LogP) is 3.63. The average molecular weight is 320 g/mol. The van der Waals surface area contributed by atoms with Crippen molar-refractivity contribution >= 4 is 28.2 Å². The Morgan fingerprint density at radius 1 is 1.23 bits per heavy atom. The number of hydrogen-bond acceptors (Lipinski definition) is 5. The van der Waals surface area contributed by atoms with Gasteiger partial charge in [-0.15, -0.1) is 10.2 Å². The van der Waals surface area contributed by atoms with Gasteiger partial charge in [0.25, 0.3) is 0 Å². The zero-order valence-electron chi connectivity index (χ0n) is 13.1. The minimum absolute atomic E-state index is 0.0842. The summed E-state index contributed by atoms with van der Waals surface area (Å²) in [6, 6.07) is 7.14. The number of nitrogens with zero attached hydrogens (tertiary/aromatic N) is 2. The van der Waals surface area contributed by atoms with Gasteiger partial charge < -0.3 is 10.1 Å². The molecule has 0 unspecified atom stereocenters. The molecule has 0 atom stereocenters. The topological polar surface area (TPSA) is 76.1 Å². The third-order valence-electron chi connectivity index (χ3n) is 2.85. The summed E-state index contributed by atoms with van der Waals surface area (Å²) in [5, 5.41) is 15.0. The maximum absolute atomic E-state index is 12.1. The molecule has 0 aliphatic carbocycles. The third-order valence-corrected chi connectivity index (χ3v) is 4.12. The summed E-state index contributed by atoms with van der Waals surface area (Å²) >= 11 is 1.37. The van der Waals surface area contributed by atoms with Crippen LogP contribution in [0.2, 0.25) is 0 Å². The molecule has 22 heavy (non-hydrogen) atoms. The Kier molecular flexibility index (Phi) is 5.10. The van der Waals surface area contributed by atoms with E-state index in [0.717, 1.165) is 10.6 Å². The number of ether oxygens (including phenoxy) is 1. The van der Waals surface area contributed by atoms with Gasteiger partial charge in [0, 0.05) is 23.8 Å². The molecule has 0 aliphatic rings. The zero-order valence-corrected chi connectivity index (χ0v) is 14.0. The lowest BCUT2D eigenvalue weighted by Crippen LogP contribution is -2.20. The van der Waals surface area contributed by atoms with E-state index in [9.17, 15) is 4.79 Å². The maximum atomic E-state index is 12.1. The minimum atomic E-state index is -0.347. The van der Waals surface area contributed by atoms with Crippen LogP contribution in [0.1, 0.15) is 31.3 Å². The van der Waals surface area contributed by atoms with Crippen LogP contribution in [0.5, 0.6) is 0 Å². The SMILES string of the molecule is COCc1ccccc1NC(=O)Nc1nnc(C(C)(C)C)s1. The number of amides is 2. The molecule has 2 aromatic rings. The standard InChI is InChI=1S/C15H20N4O2S/c1-15(2,3)12-18-19-14(22-12)17-13(20)16-11-8-6-5-7-10(11)9-21-4/h5-8H,9H2,1-4H3,(H2,16,17,19,20). The number of benzene rings is 1. The van der Waals surface area contributed by atoms with E-state index in [2.05, 4.69) is 41.6 Å². The molecule has 0 radical (unpaired) electrons. The van der Waals surface area contributed by atoms with Gasteiger partial charge in [0.15, 0.2) is 0 Å². The molecule has 1 heterocycles. The second kappa shape index (κ2) is 6.85. The van der Waals surface area contributed by atoms with Crippen LogP contribution in [-0.2, 0) is 16.8 Å². The minimum Gasteiger partial charge on any atom is -0.380 e. The van der Waals surface area contributed by atoms with E-state index >= 15 is 0 Å². The fraction of sp³-hybridized carbons (Fsp3) is 0.400. The van der Waals surface area contributed by atoms with Crippen molar-refractivity contribution in [3.05, 3.63) is 34.8 Å². The molecule has 2 rings (SSSR count). The summed E-state index contributed by atoms with van der Waals surface area (Å²) in [6.07, 6.45) is 0. The third kappa shape index (κ3) is 4.25. The zero-order chi connectivity index (χ0) is 16.2. The number of anilines is 2. The Hall–Kier alpha value is -1.99. The van der Waals surface area contributed by atoms with Crippen LogP contribution in [0.4, 0.5) is 15.6 Å². The highest BCUT2D eigenvalue weighted by Crippen LogP contribution is 2.27. The number of carbonyl (C=O) groups is 1. The molecular weight excluding hydrogens is 300 g/mol. The van der Waals surface area contributed by atoms with Crippen LogP contribution in [0.25, 0.3) is 0 Å². The summed E-state index contributed by atoms with van der Waals surface area (Å²) in [6.45, 7) is 6.60. The van der Waals surface area contributed by atoms with Crippen molar-refractivity contribution < 1.29 is 9.53 Å². The molecule has 0 aliphatic heterocycles. The number of methoxy groups -OCH3 is 1. The van der Waals surface area contributed by atoms with Gasteiger partial charge in [0.1, 0.15) is 5.01 Å². The molecule has 6 nitrogen and oxygen atoms in total. The lowest BCUT2D eigenvalue weighted by molar-refractivity contribution is 0.185. The van der Waals surface area contributed by atoms with Gasteiger partial charge >= 0.3 is 6.03 Å². The summed E-state index contributed by atoms with van der Waals surface area (Å²) in [5.74, 6) is 0. The first-order chi connectivity index (χ1) is 10.4. The van der Waals surface area contributed by atoms with Crippen LogP contribution in [0, 0.1) is 0 Å². The normalized spacial score (nSPS) is 11.3. The lowest BCUT2D eigenvalue weighted by Gasteiger charge is -2.12. The molecule has 1 aromatic heterocycles. The number of nitrogens with one attached hydrogen (secondary N) is 2. The van der Waals surface area contributed by atoms with E-state index in [1.807, 2.05) is 24.3 Å². The van der Waals surface area contributed by atoms with Crippen molar-refractivity contribution in [3.63, 3.8) is 0 Å². The Labute approximate surface area is 133 Å².